The van der Waals surface area contributed by atoms with Crippen molar-refractivity contribution in [3.8, 4) is 5.75 Å². The summed E-state index contributed by atoms with van der Waals surface area (Å²) in [4.78, 5) is 21.3. The molecule has 3 aromatic heterocycles. The van der Waals surface area contributed by atoms with Crippen LogP contribution in [0.2, 0.25) is 0 Å². The average Bonchev–Trinajstić information content (AvgIpc) is 3.46. The van der Waals surface area contributed by atoms with Crippen molar-refractivity contribution in [2.75, 3.05) is 11.9 Å². The molecule has 0 saturated heterocycles. The minimum absolute atomic E-state index is 0.0277. The number of rotatable bonds is 11. The molecule has 1 atom stereocenters. The van der Waals surface area contributed by atoms with Gasteiger partial charge in [0.2, 0.25) is 5.91 Å². The van der Waals surface area contributed by atoms with Crippen molar-refractivity contribution in [1.29, 1.82) is 0 Å². The van der Waals surface area contributed by atoms with Crippen molar-refractivity contribution in [1.82, 2.24) is 29.9 Å². The first-order valence-electron chi connectivity index (χ1n) is 10.8. The van der Waals surface area contributed by atoms with Crippen LogP contribution in [0.25, 0.3) is 0 Å². The molecule has 0 fully saturated rings. The number of aliphatic hydroxyl groups is 1. The number of hydrogen-bond donors (Lipinski definition) is 3. The summed E-state index contributed by atoms with van der Waals surface area (Å²) in [6.45, 7) is 2.34. The molecule has 10 nitrogen and oxygen atoms in total. The van der Waals surface area contributed by atoms with E-state index in [1.54, 1.807) is 23.0 Å². The van der Waals surface area contributed by atoms with Crippen LogP contribution in [0.15, 0.2) is 71.2 Å². The van der Waals surface area contributed by atoms with Gasteiger partial charge in [-0.2, -0.15) is 10.2 Å². The van der Waals surface area contributed by atoms with Gasteiger partial charge in [-0.05, 0) is 24.2 Å². The maximum atomic E-state index is 12.6. The molecule has 4 rings (SSSR count). The molecule has 1 amide bonds. The number of pyridine rings is 1. The number of ether oxygens (including phenoxy) is 1. The molecule has 0 unspecified atom stereocenters. The third-order valence-corrected chi connectivity index (χ3v) is 5.51. The Labute approximate surface area is 200 Å². The minimum atomic E-state index is -0.258. The second-order valence-corrected chi connectivity index (χ2v) is 8.57. The fraction of sp³-hybridized carbons (Fsp3) is 0.261. The SMILES string of the molecule is C[C@@H](Cc1ccccc1)Oc1cc(CC(=O)Nc2ccn(CCO)n2)nc(Sc2ncn[nH]2)c1. The van der Waals surface area contributed by atoms with Gasteiger partial charge in [0.1, 0.15) is 17.1 Å². The molecule has 34 heavy (non-hydrogen) atoms. The van der Waals surface area contributed by atoms with Crippen LogP contribution < -0.4 is 10.1 Å². The number of nitrogens with zero attached hydrogens (tertiary/aromatic N) is 5. The van der Waals surface area contributed by atoms with Crippen LogP contribution in [0, 0.1) is 0 Å². The zero-order valence-electron chi connectivity index (χ0n) is 18.6. The number of H-pyrrole nitrogens is 1. The van der Waals surface area contributed by atoms with E-state index in [0.29, 0.717) is 34.0 Å². The third kappa shape index (κ3) is 6.90. The van der Waals surface area contributed by atoms with Gasteiger partial charge in [-0.1, -0.05) is 30.3 Å². The third-order valence-electron chi connectivity index (χ3n) is 4.70. The van der Waals surface area contributed by atoms with E-state index in [1.807, 2.05) is 31.2 Å². The largest absolute Gasteiger partial charge is 0.490 e. The molecule has 0 bridgehead atoms. The highest BCUT2D eigenvalue weighted by molar-refractivity contribution is 7.99. The molecular weight excluding hydrogens is 454 g/mol. The molecule has 3 heterocycles. The highest BCUT2D eigenvalue weighted by Gasteiger charge is 2.14. The summed E-state index contributed by atoms with van der Waals surface area (Å²) in [5, 5.41) is 23.9. The molecule has 0 radical (unpaired) electrons. The fourth-order valence-corrected chi connectivity index (χ4v) is 4.05. The van der Waals surface area contributed by atoms with Crippen molar-refractivity contribution in [2.24, 2.45) is 0 Å². The first-order chi connectivity index (χ1) is 16.6. The highest BCUT2D eigenvalue weighted by Crippen LogP contribution is 2.27. The number of anilines is 1. The summed E-state index contributed by atoms with van der Waals surface area (Å²) in [6.07, 6.45) is 3.83. The normalized spacial score (nSPS) is 11.8. The number of aromatic amines is 1. The van der Waals surface area contributed by atoms with Crippen LogP contribution in [-0.2, 0) is 24.2 Å². The Bertz CT molecular complexity index is 1200. The van der Waals surface area contributed by atoms with Gasteiger partial charge in [0.15, 0.2) is 11.0 Å². The summed E-state index contributed by atoms with van der Waals surface area (Å²) in [7, 11) is 0. The van der Waals surface area contributed by atoms with Crippen molar-refractivity contribution in [3.05, 3.63) is 72.3 Å². The lowest BCUT2D eigenvalue weighted by molar-refractivity contribution is -0.115. The molecule has 0 saturated carbocycles. The van der Waals surface area contributed by atoms with E-state index in [-0.39, 0.29) is 25.0 Å². The lowest BCUT2D eigenvalue weighted by Gasteiger charge is -2.16. The van der Waals surface area contributed by atoms with Gasteiger partial charge in [-0.15, -0.1) is 0 Å². The summed E-state index contributed by atoms with van der Waals surface area (Å²) in [6, 6.07) is 15.4. The van der Waals surface area contributed by atoms with Crippen LogP contribution in [0.4, 0.5) is 5.82 Å². The number of amides is 1. The van der Waals surface area contributed by atoms with Gasteiger partial charge in [0, 0.05) is 30.8 Å². The predicted octanol–water partition coefficient (Wildman–Crippen LogP) is 2.73. The molecule has 0 spiro atoms. The second kappa shape index (κ2) is 11.4. The lowest BCUT2D eigenvalue weighted by Crippen LogP contribution is -2.17. The zero-order valence-corrected chi connectivity index (χ0v) is 19.4. The molecule has 0 aliphatic rings. The van der Waals surface area contributed by atoms with Crippen LogP contribution in [0.3, 0.4) is 0 Å². The summed E-state index contributed by atoms with van der Waals surface area (Å²) >= 11 is 1.30. The Morgan fingerprint density at radius 2 is 2.12 bits per heavy atom. The van der Waals surface area contributed by atoms with Crippen molar-refractivity contribution < 1.29 is 14.6 Å². The molecule has 3 N–H and O–H groups in total. The fourth-order valence-electron chi connectivity index (χ4n) is 3.31. The van der Waals surface area contributed by atoms with E-state index >= 15 is 0 Å². The van der Waals surface area contributed by atoms with Crippen LogP contribution >= 0.6 is 11.8 Å². The van der Waals surface area contributed by atoms with Crippen LogP contribution in [0.5, 0.6) is 5.75 Å². The highest BCUT2D eigenvalue weighted by atomic mass is 32.2. The molecular formula is C23H25N7O3S. The Kier molecular flexibility index (Phi) is 7.89. The van der Waals surface area contributed by atoms with E-state index in [0.717, 1.165) is 6.42 Å². The van der Waals surface area contributed by atoms with Gasteiger partial charge in [0.05, 0.1) is 31.4 Å². The first-order valence-corrected chi connectivity index (χ1v) is 11.6. The monoisotopic (exact) mass is 479 g/mol. The van der Waals surface area contributed by atoms with E-state index < -0.39 is 0 Å². The van der Waals surface area contributed by atoms with E-state index in [4.69, 9.17) is 9.84 Å². The summed E-state index contributed by atoms with van der Waals surface area (Å²) in [5.74, 6) is 0.779. The zero-order chi connectivity index (χ0) is 23.8. The van der Waals surface area contributed by atoms with Crippen molar-refractivity contribution in [3.63, 3.8) is 0 Å². The number of carbonyl (C=O) groups excluding carboxylic acids is 1. The van der Waals surface area contributed by atoms with E-state index in [1.165, 1.54) is 23.7 Å². The first kappa shape index (κ1) is 23.5. The van der Waals surface area contributed by atoms with Crippen molar-refractivity contribution >= 4 is 23.5 Å². The van der Waals surface area contributed by atoms with Gasteiger partial charge < -0.3 is 15.2 Å². The van der Waals surface area contributed by atoms with Gasteiger partial charge in [-0.3, -0.25) is 14.6 Å². The smallest absolute Gasteiger partial charge is 0.231 e. The molecule has 1 aromatic carbocycles. The topological polar surface area (TPSA) is 131 Å². The Morgan fingerprint density at radius 3 is 2.88 bits per heavy atom. The van der Waals surface area contributed by atoms with E-state index in [2.05, 4.69) is 42.7 Å². The van der Waals surface area contributed by atoms with Crippen LogP contribution in [-0.4, -0.2) is 53.7 Å². The Balaban J connectivity index is 1.47. The maximum absolute atomic E-state index is 12.6. The lowest BCUT2D eigenvalue weighted by atomic mass is 10.1. The molecule has 4 aromatic rings. The average molecular weight is 480 g/mol. The number of carbonyl (C=O) groups is 1. The van der Waals surface area contributed by atoms with Crippen LogP contribution in [0.1, 0.15) is 18.2 Å². The Morgan fingerprint density at radius 1 is 1.26 bits per heavy atom. The number of aromatic nitrogens is 6. The standard InChI is InChI=1S/C23H25N7O3S/c1-16(11-17-5-3-2-4-6-17)33-19-12-18(26-22(14-19)34-23-24-15-25-28-23)13-21(32)27-20-7-8-30(29-20)9-10-31/h2-8,12,14-16,31H,9-11,13H2,1H3,(H,24,25,28)(H,27,29,32)/t16-/m0/s1. The van der Waals surface area contributed by atoms with Gasteiger partial charge in [0.25, 0.3) is 0 Å². The summed E-state index contributed by atoms with van der Waals surface area (Å²) in [5.41, 5.74) is 1.74. The number of benzene rings is 1. The van der Waals surface area contributed by atoms with E-state index in [9.17, 15) is 4.79 Å². The number of hydrogen-bond acceptors (Lipinski definition) is 8. The minimum Gasteiger partial charge on any atom is -0.490 e. The predicted molar refractivity (Wildman–Crippen MR) is 127 cm³/mol. The molecule has 11 heteroatoms. The molecule has 0 aliphatic heterocycles. The molecule has 0 aliphatic carbocycles. The number of aliphatic hydroxyl groups excluding tert-OH is 1. The molecule has 176 valence electrons. The van der Waals surface area contributed by atoms with Gasteiger partial charge >= 0.3 is 0 Å². The van der Waals surface area contributed by atoms with Crippen molar-refractivity contribution in [2.45, 2.75) is 42.6 Å². The Hall–Kier alpha value is -3.70. The maximum Gasteiger partial charge on any atom is 0.231 e. The second-order valence-electron chi connectivity index (χ2n) is 7.56. The number of nitrogens with one attached hydrogen (secondary N) is 2. The quantitative estimate of drug-likeness (QED) is 0.299. The summed E-state index contributed by atoms with van der Waals surface area (Å²) < 4.78 is 7.74. The van der Waals surface area contributed by atoms with Gasteiger partial charge in [-0.25, -0.2) is 9.97 Å².